The van der Waals surface area contributed by atoms with E-state index < -0.39 is 39.9 Å². The molecule has 0 aromatic heterocycles. The Balaban J connectivity index is 1.63. The first kappa shape index (κ1) is 32.8. The van der Waals surface area contributed by atoms with Crippen LogP contribution in [0.15, 0.2) is 92.4 Å². The summed E-state index contributed by atoms with van der Waals surface area (Å²) in [6.07, 6.45) is 1.57. The maximum atomic E-state index is 13.8. The Hall–Kier alpha value is -3.57. The number of fused-ring (bicyclic) bond motifs is 3. The molecule has 0 saturated carbocycles. The first-order chi connectivity index (χ1) is 21.0. The minimum absolute atomic E-state index is 0.0658. The van der Waals surface area contributed by atoms with Gasteiger partial charge in [0.2, 0.25) is 9.84 Å². The van der Waals surface area contributed by atoms with Gasteiger partial charge in [-0.1, -0.05) is 86.8 Å². The molecular weight excluding hydrogens is 677 g/mol. The normalized spacial score (nSPS) is 13.5. The van der Waals surface area contributed by atoms with Gasteiger partial charge in [0.1, 0.15) is 19.8 Å². The van der Waals surface area contributed by atoms with Crippen molar-refractivity contribution >= 4 is 75.9 Å². The van der Waals surface area contributed by atoms with E-state index in [2.05, 4.69) is 10.6 Å². The van der Waals surface area contributed by atoms with Crippen LogP contribution in [0.4, 0.5) is 11.4 Å². The molecule has 0 atom stereocenters. The Kier molecular flexibility index (Phi) is 8.74. The van der Waals surface area contributed by atoms with Crippen LogP contribution in [0.1, 0.15) is 36.1 Å². The second-order valence-electron chi connectivity index (χ2n) is 10.2. The van der Waals surface area contributed by atoms with Gasteiger partial charge in [-0.3, -0.25) is 9.11 Å². The van der Waals surface area contributed by atoms with Gasteiger partial charge in [0, 0.05) is 22.3 Å². The lowest BCUT2D eigenvalue weighted by Gasteiger charge is -2.14. The quantitative estimate of drug-likeness (QED) is 0.115. The van der Waals surface area contributed by atoms with Crippen molar-refractivity contribution in [3.05, 3.63) is 95.1 Å². The van der Waals surface area contributed by atoms with Gasteiger partial charge < -0.3 is 10.6 Å². The first-order valence-electron chi connectivity index (χ1n) is 13.4. The average molecular weight is 703 g/mol. The summed E-state index contributed by atoms with van der Waals surface area (Å²) in [6.45, 7) is 3.95. The van der Waals surface area contributed by atoms with Crippen molar-refractivity contribution in [2.24, 2.45) is 0 Å². The van der Waals surface area contributed by atoms with E-state index >= 15 is 0 Å². The molecule has 4 N–H and O–H groups in total. The van der Waals surface area contributed by atoms with Gasteiger partial charge >= 0.3 is 0 Å². The summed E-state index contributed by atoms with van der Waals surface area (Å²) in [5.74, 6) is 0. The average Bonchev–Trinajstić information content (AvgIpc) is 3.20. The van der Waals surface area contributed by atoms with Gasteiger partial charge in [-0.25, -0.2) is 8.42 Å². The fourth-order valence-electron chi connectivity index (χ4n) is 4.90. The molecule has 0 unspecified atom stereocenters. The second kappa shape index (κ2) is 12.0. The van der Waals surface area contributed by atoms with Crippen LogP contribution in [0, 0.1) is 0 Å². The molecule has 45 heavy (non-hydrogen) atoms. The van der Waals surface area contributed by atoms with Crippen molar-refractivity contribution in [1.82, 2.24) is 0 Å². The maximum absolute atomic E-state index is 13.8. The van der Waals surface area contributed by atoms with Crippen LogP contribution < -0.4 is 10.6 Å². The number of anilines is 2. The number of thiocarbonyl (C=S) groups is 2. The summed E-state index contributed by atoms with van der Waals surface area (Å²) in [5.41, 5.74) is 2.10. The summed E-state index contributed by atoms with van der Waals surface area (Å²) < 4.78 is 97.6. The van der Waals surface area contributed by atoms with E-state index in [0.717, 1.165) is 48.2 Å². The van der Waals surface area contributed by atoms with E-state index in [1.165, 1.54) is 0 Å². The maximum Gasteiger partial charge on any atom is 0.296 e. The first-order valence-corrected chi connectivity index (χ1v) is 18.6. The van der Waals surface area contributed by atoms with Crippen molar-refractivity contribution in [3.63, 3.8) is 0 Å². The summed E-state index contributed by atoms with van der Waals surface area (Å²) in [5, 5.41) is 5.45. The number of benzene rings is 4. The third-order valence-electron chi connectivity index (χ3n) is 7.33. The molecule has 10 nitrogen and oxygen atoms in total. The highest BCUT2D eigenvalue weighted by Gasteiger charge is 2.38. The van der Waals surface area contributed by atoms with E-state index in [0.29, 0.717) is 11.1 Å². The highest BCUT2D eigenvalue weighted by Crippen LogP contribution is 2.48. The molecule has 0 spiro atoms. The minimum Gasteiger partial charge on any atom is -0.345 e. The second-order valence-corrected chi connectivity index (χ2v) is 15.6. The van der Waals surface area contributed by atoms with Crippen molar-refractivity contribution in [1.29, 1.82) is 0 Å². The zero-order chi connectivity index (χ0) is 32.9. The lowest BCUT2D eigenvalue weighted by molar-refractivity contribution is 0.481. The molecule has 1 aliphatic heterocycles. The summed E-state index contributed by atoms with van der Waals surface area (Å²) >= 11 is 10.9. The van der Waals surface area contributed by atoms with Crippen LogP contribution in [0.2, 0.25) is 0 Å². The highest BCUT2D eigenvalue weighted by atomic mass is 32.2. The van der Waals surface area contributed by atoms with Gasteiger partial charge in [-0.15, -0.1) is 0 Å². The standard InChI is InChI=1S/C30H26N2O8S5/c1-3-17-5-9-19(10-6-17)29(41)31-23-15-25-21(13-27(23)44(35,36)37)22-14-28(45(38,39)40)24(16-26(22)43(25,33)34)32-30(42)20-11-7-18(4-2)8-12-20/h5-16H,3-4H2,1-2H3,(H,31,41)(H,32,42)(H,35,36,37)(H,38,39,40). The Labute approximate surface area is 271 Å². The van der Waals surface area contributed by atoms with Crippen LogP contribution >= 0.6 is 24.4 Å². The topological polar surface area (TPSA) is 167 Å². The minimum atomic E-state index is -4.95. The van der Waals surface area contributed by atoms with Gasteiger partial charge in [-0.2, -0.15) is 16.8 Å². The van der Waals surface area contributed by atoms with Gasteiger partial charge in [0.05, 0.1) is 21.2 Å². The molecule has 0 saturated heterocycles. The molecule has 4 aromatic carbocycles. The lowest BCUT2D eigenvalue weighted by Crippen LogP contribution is -2.14. The van der Waals surface area contributed by atoms with Gasteiger partial charge in [-0.05, 0) is 48.2 Å². The molecule has 1 heterocycles. The lowest BCUT2D eigenvalue weighted by atomic mass is 10.0. The number of rotatable bonds is 8. The zero-order valence-corrected chi connectivity index (χ0v) is 27.8. The third-order valence-corrected chi connectivity index (χ3v) is 11.6. The highest BCUT2D eigenvalue weighted by molar-refractivity contribution is 7.92. The number of aryl methyl sites for hydroxylation is 2. The van der Waals surface area contributed by atoms with Crippen molar-refractivity contribution in [3.8, 4) is 11.1 Å². The molecule has 0 bridgehead atoms. The number of hydrogen-bond acceptors (Lipinski definition) is 8. The summed E-state index contributed by atoms with van der Waals surface area (Å²) in [7, 11) is -14.3. The van der Waals surface area contributed by atoms with Gasteiger partial charge in [0.15, 0.2) is 0 Å². The number of nitrogens with one attached hydrogen (secondary N) is 2. The predicted octanol–water partition coefficient (Wildman–Crippen LogP) is 5.69. The zero-order valence-electron chi connectivity index (χ0n) is 23.7. The van der Waals surface area contributed by atoms with Crippen LogP contribution in [0.5, 0.6) is 0 Å². The van der Waals surface area contributed by atoms with E-state index in [1.54, 1.807) is 24.3 Å². The van der Waals surface area contributed by atoms with Crippen molar-refractivity contribution in [2.75, 3.05) is 10.6 Å². The fourth-order valence-corrected chi connectivity index (χ4v) is 8.40. The third kappa shape index (κ3) is 6.42. The van der Waals surface area contributed by atoms with Crippen molar-refractivity contribution < 1.29 is 34.4 Å². The van der Waals surface area contributed by atoms with E-state index in [-0.39, 0.29) is 42.3 Å². The number of hydrogen-bond donors (Lipinski definition) is 4. The van der Waals surface area contributed by atoms with Crippen LogP contribution in [-0.4, -0.2) is 44.3 Å². The van der Waals surface area contributed by atoms with E-state index in [9.17, 15) is 34.4 Å². The Morgan fingerprint density at radius 1 is 0.644 bits per heavy atom. The molecule has 4 aromatic rings. The Morgan fingerprint density at radius 3 is 1.27 bits per heavy atom. The molecule has 0 aliphatic carbocycles. The Morgan fingerprint density at radius 2 is 0.978 bits per heavy atom. The molecule has 0 fully saturated rings. The van der Waals surface area contributed by atoms with Crippen LogP contribution in [-0.2, 0) is 42.9 Å². The van der Waals surface area contributed by atoms with E-state index in [1.807, 2.05) is 38.1 Å². The summed E-state index contributed by atoms with van der Waals surface area (Å²) in [4.78, 5) is -1.99. The van der Waals surface area contributed by atoms with Gasteiger partial charge in [0.25, 0.3) is 20.2 Å². The largest absolute Gasteiger partial charge is 0.345 e. The molecule has 234 valence electrons. The molecule has 1 aliphatic rings. The smallest absolute Gasteiger partial charge is 0.296 e. The summed E-state index contributed by atoms with van der Waals surface area (Å²) in [6, 6.07) is 18.1. The molecule has 0 amide bonds. The van der Waals surface area contributed by atoms with Crippen LogP contribution in [0.3, 0.4) is 0 Å². The van der Waals surface area contributed by atoms with E-state index in [4.69, 9.17) is 24.4 Å². The predicted molar refractivity (Wildman–Crippen MR) is 179 cm³/mol. The van der Waals surface area contributed by atoms with Crippen LogP contribution in [0.25, 0.3) is 11.1 Å². The SMILES string of the molecule is CCc1ccc(C(=S)Nc2cc3c(cc2S(=O)(=O)O)-c2cc(S(=O)(=O)O)c(NC(=S)c4ccc(CC)cc4)cc2S3(=O)=O)cc1. The molecule has 15 heteroatoms. The van der Waals surface area contributed by atoms with Crippen molar-refractivity contribution in [2.45, 2.75) is 46.3 Å². The molecule has 0 radical (unpaired) electrons. The Bertz CT molecular complexity index is 2060. The monoisotopic (exact) mass is 702 g/mol. The number of sulfone groups is 1. The fraction of sp³-hybridized carbons (Fsp3) is 0.133. The molecule has 5 rings (SSSR count). The molecular formula is C30H26N2O8S5.